The van der Waals surface area contributed by atoms with Crippen molar-refractivity contribution in [3.05, 3.63) is 149 Å². The van der Waals surface area contributed by atoms with Crippen LogP contribution in [-0.4, -0.2) is 72.6 Å². The number of aliphatic imine (C=N–C) groups is 2. The summed E-state index contributed by atoms with van der Waals surface area (Å²) < 4.78 is 30.0. The highest BCUT2D eigenvalue weighted by Crippen LogP contribution is 2.58. The number of thioether (sulfide) groups is 2. The largest absolute Gasteiger partial charge is 0.481 e. The highest BCUT2D eigenvalue weighted by Gasteiger charge is 2.51. The van der Waals surface area contributed by atoms with Crippen LogP contribution in [0.15, 0.2) is 147 Å². The molecule has 5 atom stereocenters. The Labute approximate surface area is 401 Å². The van der Waals surface area contributed by atoms with Gasteiger partial charge in [0, 0.05) is 36.2 Å². The molecule has 5 aromatic rings. The first-order valence-electron chi connectivity index (χ1n) is 22.7. The Hall–Kier alpha value is -6.24. The van der Waals surface area contributed by atoms with Gasteiger partial charge in [-0.2, -0.15) is 0 Å². The van der Waals surface area contributed by atoms with Crippen LogP contribution >= 0.6 is 23.5 Å². The third-order valence-electron chi connectivity index (χ3n) is 13.5. The summed E-state index contributed by atoms with van der Waals surface area (Å²) in [5.41, 5.74) is 18.5. The summed E-state index contributed by atoms with van der Waals surface area (Å²) in [5.74, 6) is -0.881. The fourth-order valence-corrected chi connectivity index (χ4v) is 12.2. The molecule has 68 heavy (non-hydrogen) atoms. The predicted octanol–water partition coefficient (Wildman–Crippen LogP) is 9.15. The van der Waals surface area contributed by atoms with Crippen LogP contribution in [-0.2, 0) is 18.9 Å². The second kappa shape index (κ2) is 19.8. The molecule has 3 aromatic heterocycles. The van der Waals surface area contributed by atoms with Crippen molar-refractivity contribution in [2.75, 3.05) is 0 Å². The summed E-state index contributed by atoms with van der Waals surface area (Å²) in [4.78, 5) is 35.2. The summed E-state index contributed by atoms with van der Waals surface area (Å²) in [6.07, 6.45) is 19.1. The molecular formula is C50H53F2N11O3S2. The molecule has 0 saturated heterocycles. The fourth-order valence-electron chi connectivity index (χ4n) is 9.80. The van der Waals surface area contributed by atoms with Crippen molar-refractivity contribution in [2.24, 2.45) is 46.4 Å². The number of aliphatic hydroxyl groups is 1. The number of aliphatic carboxylic acids is 1. The first-order valence-corrected chi connectivity index (χ1v) is 24.4. The molecule has 352 valence electrons. The van der Waals surface area contributed by atoms with E-state index in [2.05, 4.69) is 37.3 Å². The number of rotatable bonds is 10. The summed E-state index contributed by atoms with van der Waals surface area (Å²) in [5, 5.41) is 32.7. The van der Waals surface area contributed by atoms with Gasteiger partial charge in [-0.3, -0.25) is 19.1 Å². The molecule has 0 radical (unpaired) electrons. The third kappa shape index (κ3) is 10.1. The summed E-state index contributed by atoms with van der Waals surface area (Å²) in [6.45, 7) is 0. The average Bonchev–Trinajstić information content (AvgIpc) is 3.99. The molecule has 3 heterocycles. The number of carbonyl (C=O) groups is 1. The summed E-state index contributed by atoms with van der Waals surface area (Å²) in [7, 11) is 3.67. The molecule has 3 fully saturated rings. The summed E-state index contributed by atoms with van der Waals surface area (Å²) >= 11 is 3.18. The maximum atomic E-state index is 13.5. The van der Waals surface area contributed by atoms with Crippen LogP contribution < -0.4 is 11.5 Å². The van der Waals surface area contributed by atoms with Gasteiger partial charge < -0.3 is 21.7 Å². The molecule has 14 nitrogen and oxygen atoms in total. The lowest BCUT2D eigenvalue weighted by molar-refractivity contribution is -0.147. The lowest BCUT2D eigenvalue weighted by Crippen LogP contribution is -2.43. The van der Waals surface area contributed by atoms with E-state index < -0.39 is 22.9 Å². The number of carboxylic acids is 1. The van der Waals surface area contributed by atoms with E-state index in [1.807, 2.05) is 25.4 Å². The van der Waals surface area contributed by atoms with E-state index in [0.29, 0.717) is 58.7 Å². The van der Waals surface area contributed by atoms with E-state index in [-0.39, 0.29) is 28.6 Å². The highest BCUT2D eigenvalue weighted by atomic mass is 32.2. The van der Waals surface area contributed by atoms with Crippen LogP contribution in [0.3, 0.4) is 0 Å². The lowest BCUT2D eigenvalue weighted by atomic mass is 9.59. The second-order valence-electron chi connectivity index (χ2n) is 18.1. The van der Waals surface area contributed by atoms with Gasteiger partial charge in [0.05, 0.1) is 33.9 Å². The Morgan fingerprint density at radius 2 is 1.28 bits per heavy atom. The van der Waals surface area contributed by atoms with E-state index in [4.69, 9.17) is 21.4 Å². The van der Waals surface area contributed by atoms with Crippen molar-refractivity contribution < 1.29 is 23.8 Å². The molecule has 0 amide bonds. The minimum atomic E-state index is -1.02. The van der Waals surface area contributed by atoms with Crippen molar-refractivity contribution in [3.63, 3.8) is 0 Å². The van der Waals surface area contributed by atoms with Gasteiger partial charge in [0.1, 0.15) is 30.4 Å². The molecule has 5 aliphatic rings. The minimum Gasteiger partial charge on any atom is -0.481 e. The molecule has 0 spiro atoms. The predicted molar refractivity (Wildman–Crippen MR) is 260 cm³/mol. The van der Waals surface area contributed by atoms with Crippen molar-refractivity contribution >= 4 is 52.3 Å². The van der Waals surface area contributed by atoms with E-state index >= 15 is 0 Å². The number of aryl methyl sites for hydroxylation is 2. The van der Waals surface area contributed by atoms with Crippen LogP contribution in [0, 0.1) is 22.5 Å². The van der Waals surface area contributed by atoms with E-state index in [0.717, 1.165) is 53.3 Å². The van der Waals surface area contributed by atoms with E-state index in [1.165, 1.54) is 60.6 Å². The number of carboxylic acid groups (broad SMARTS) is 1. The normalized spacial score (nSPS) is 26.4. The van der Waals surface area contributed by atoms with E-state index in [9.17, 15) is 23.8 Å². The second-order valence-corrected chi connectivity index (χ2v) is 20.7. The number of hydrogen-bond acceptors (Lipinski definition) is 13. The number of aliphatic hydroxyl groups excluding tert-OH is 1. The Morgan fingerprint density at radius 1 is 0.750 bits per heavy atom. The van der Waals surface area contributed by atoms with Crippen LogP contribution in [0.5, 0.6) is 0 Å². The number of hydrogen-bond donors (Lipinski definition) is 4. The number of aromatic nitrogens is 7. The fraction of sp³-hybridized carbons (Fsp3) is 0.360. The zero-order valence-electron chi connectivity index (χ0n) is 37.8. The van der Waals surface area contributed by atoms with Gasteiger partial charge in [-0.05, 0) is 166 Å². The van der Waals surface area contributed by atoms with Crippen molar-refractivity contribution in [2.45, 2.75) is 97.0 Å². The van der Waals surface area contributed by atoms with Gasteiger partial charge in [0.15, 0.2) is 0 Å². The van der Waals surface area contributed by atoms with Crippen molar-refractivity contribution in [1.29, 1.82) is 0 Å². The molecule has 10 rings (SSSR count). The Bertz CT molecular complexity index is 2850. The van der Waals surface area contributed by atoms with Crippen LogP contribution in [0.2, 0.25) is 0 Å². The third-order valence-corrected chi connectivity index (χ3v) is 15.8. The number of benzene rings is 2. The molecule has 18 heteroatoms. The van der Waals surface area contributed by atoms with Crippen molar-refractivity contribution in [3.8, 4) is 0 Å². The number of fused-ring (bicyclic) bond motifs is 2. The first kappa shape index (κ1) is 46.9. The monoisotopic (exact) mass is 957 g/mol. The molecule has 1 unspecified atom stereocenters. The van der Waals surface area contributed by atoms with Gasteiger partial charge >= 0.3 is 5.97 Å². The molecule has 2 aromatic carbocycles. The zero-order valence-corrected chi connectivity index (χ0v) is 39.4. The summed E-state index contributed by atoms with van der Waals surface area (Å²) in [6, 6.07) is 16.1. The zero-order chi connectivity index (χ0) is 47.6. The van der Waals surface area contributed by atoms with Gasteiger partial charge in [-0.15, -0.1) is 10.2 Å². The van der Waals surface area contributed by atoms with Crippen molar-refractivity contribution in [1.82, 2.24) is 34.5 Å². The highest BCUT2D eigenvalue weighted by molar-refractivity contribution is 8.00. The molecule has 3 saturated carbocycles. The first-order chi connectivity index (χ1) is 32.8. The Balaban J connectivity index is 0.000000175. The molecular weight excluding hydrogens is 905 g/mol. The molecule has 0 bridgehead atoms. The maximum Gasteiger partial charge on any atom is 0.314 e. The van der Waals surface area contributed by atoms with Gasteiger partial charge in [-0.25, -0.2) is 28.7 Å². The maximum absolute atomic E-state index is 13.5. The number of pyridine rings is 1. The SMILES string of the molecule is Cn1cnc(S[C@H]2CCC3=CC(=Nc4ccc(F)cc4)C(=CN)C[C@]3(C(=O)O)C2)n1.Cn1cnc(S[C@H]2CCC3=CC(=Nc4ccc(F)cc4)C(=CN)C[C@]3(C(O)c3ccc(C4CC4)cn3)C2)n1. The number of nitrogens with zero attached hydrogens (tertiary/aromatic N) is 9. The molecule has 0 aliphatic heterocycles. The lowest BCUT2D eigenvalue weighted by Gasteiger charge is -2.48. The van der Waals surface area contributed by atoms with Gasteiger partial charge in [0.25, 0.3) is 0 Å². The van der Waals surface area contributed by atoms with Crippen LogP contribution in [0.4, 0.5) is 20.2 Å². The number of nitrogens with two attached hydrogens (primary N) is 2. The number of allylic oxidation sites excluding steroid dienone is 4. The average molecular weight is 958 g/mol. The Morgan fingerprint density at radius 3 is 1.76 bits per heavy atom. The van der Waals surface area contributed by atoms with Crippen LogP contribution in [0.25, 0.3) is 0 Å². The molecule has 5 aliphatic carbocycles. The topological polar surface area (TPSA) is 209 Å². The minimum absolute atomic E-state index is 0.0928. The molecule has 6 N–H and O–H groups in total. The quantitative estimate of drug-likeness (QED) is 0.103. The Kier molecular flexibility index (Phi) is 13.6. The number of halogens is 2. The van der Waals surface area contributed by atoms with E-state index in [1.54, 1.807) is 71.3 Å². The smallest absolute Gasteiger partial charge is 0.314 e. The van der Waals surface area contributed by atoms with Gasteiger partial charge in [0.2, 0.25) is 10.3 Å². The van der Waals surface area contributed by atoms with Gasteiger partial charge in [-0.1, -0.05) is 40.7 Å². The van der Waals surface area contributed by atoms with Crippen LogP contribution in [0.1, 0.15) is 87.5 Å². The standard InChI is InChI=1S/C29H31FN6OS.C21H22FN5O2S/c1-36-17-33-28(35-36)38-24-10-5-21-12-26(34-23-8-6-22(30)7-9-23)20(15-31)13-29(21,14-24)27(37)25-11-4-19(16-32-25)18-2-3-18;1-27-12-24-20(26-27)30-17-7-2-14-8-18(25-16-5-3-15(22)4-6-16)13(11-23)9-21(14,10-17)19(28)29/h4,6-9,11-12,15-18,24,27,37H,2-3,5,10,13-14,31H2,1H3;3-6,8,11-12,17H,2,7,9-10,23H2,1H3,(H,28,29)/t24-,27?,29-;17-,21-/m00/s1.